The number of methoxy groups -OCH3 is 1. The molecule has 31 heavy (non-hydrogen) atoms. The minimum Gasteiger partial charge on any atom is -0.495 e. The van der Waals surface area contributed by atoms with Gasteiger partial charge >= 0.3 is 6.18 Å². The summed E-state index contributed by atoms with van der Waals surface area (Å²) in [5.74, 6) is 0.584. The molecule has 0 aliphatic carbocycles. The molecule has 0 bridgehead atoms. The Bertz CT molecular complexity index is 979. The lowest BCUT2D eigenvalue weighted by atomic mass is 10.2. The molecule has 2 heterocycles. The van der Waals surface area contributed by atoms with Crippen molar-refractivity contribution in [2.45, 2.75) is 12.6 Å². The number of benzene rings is 1. The molecule has 2 aromatic rings. The first kappa shape index (κ1) is 23.6. The van der Waals surface area contributed by atoms with Gasteiger partial charge in [-0.2, -0.15) is 13.2 Å². The number of nitrogens with zero attached hydrogens (tertiary/aromatic N) is 2. The van der Waals surface area contributed by atoms with Crippen molar-refractivity contribution in [3.63, 3.8) is 0 Å². The number of ether oxygens (including phenoxy) is 2. The van der Waals surface area contributed by atoms with Crippen LogP contribution in [0, 0.1) is 0 Å². The van der Waals surface area contributed by atoms with Crippen LogP contribution in [0.1, 0.15) is 11.3 Å². The molecule has 0 unspecified atom stereocenters. The molecule has 5 nitrogen and oxygen atoms in total. The molecule has 166 valence electrons. The van der Waals surface area contributed by atoms with Crippen LogP contribution in [0.4, 0.5) is 18.9 Å². The van der Waals surface area contributed by atoms with Gasteiger partial charge in [0.05, 0.1) is 17.8 Å². The highest BCUT2D eigenvalue weighted by atomic mass is 35.5. The fraction of sp³-hybridized carbons (Fsp3) is 0.300. The summed E-state index contributed by atoms with van der Waals surface area (Å²) >= 11 is 8.96. The Morgan fingerprint density at radius 3 is 2.77 bits per heavy atom. The van der Waals surface area contributed by atoms with Gasteiger partial charge in [0.25, 0.3) is 5.91 Å². The second-order valence-electron chi connectivity index (χ2n) is 6.27. The lowest BCUT2D eigenvalue weighted by Gasteiger charge is -2.18. The number of rotatable bonds is 8. The molecule has 11 heteroatoms. The minimum atomic E-state index is -4.35. The number of carbonyl (C=O) groups excluding carboxylic acids is 1. The van der Waals surface area contributed by atoms with E-state index in [-0.39, 0.29) is 18.2 Å². The topological polar surface area (TPSA) is 51.1 Å². The van der Waals surface area contributed by atoms with Gasteiger partial charge in [0, 0.05) is 17.2 Å². The molecular weight excluding hydrogens is 473 g/mol. The number of amides is 1. The first-order chi connectivity index (χ1) is 14.8. The second kappa shape index (κ2) is 10.5. The molecule has 1 aliphatic rings. The number of halogens is 4. The summed E-state index contributed by atoms with van der Waals surface area (Å²) in [5, 5.41) is 2.66. The Kier molecular flexibility index (Phi) is 8.04. The number of amidine groups is 1. The summed E-state index contributed by atoms with van der Waals surface area (Å²) in [4.78, 5) is 19.8. The molecule has 1 aromatic heterocycles. The summed E-state index contributed by atoms with van der Waals surface area (Å²) in [6.45, 7) is -1.32. The monoisotopic (exact) mass is 490 g/mol. The predicted molar refractivity (Wildman–Crippen MR) is 119 cm³/mol. The first-order valence-corrected chi connectivity index (χ1v) is 11.3. The van der Waals surface area contributed by atoms with Gasteiger partial charge in [-0.3, -0.25) is 9.69 Å². The van der Waals surface area contributed by atoms with Gasteiger partial charge in [-0.15, -0.1) is 11.3 Å². The van der Waals surface area contributed by atoms with Crippen LogP contribution in [-0.2, 0) is 9.53 Å². The third kappa shape index (κ3) is 6.49. The van der Waals surface area contributed by atoms with E-state index in [1.165, 1.54) is 35.1 Å². The molecule has 0 fully saturated rings. The summed E-state index contributed by atoms with van der Waals surface area (Å²) in [6.07, 6.45) is -2.28. The van der Waals surface area contributed by atoms with E-state index in [2.05, 4.69) is 9.73 Å². The molecule has 0 radical (unpaired) electrons. The van der Waals surface area contributed by atoms with Gasteiger partial charge in [0.15, 0.2) is 5.17 Å². The fourth-order valence-corrected chi connectivity index (χ4v) is 4.46. The van der Waals surface area contributed by atoms with Crippen molar-refractivity contribution in [2.24, 2.45) is 4.99 Å². The number of anilines is 1. The van der Waals surface area contributed by atoms with Crippen molar-refractivity contribution >= 4 is 57.5 Å². The van der Waals surface area contributed by atoms with E-state index in [0.717, 1.165) is 4.88 Å². The minimum absolute atomic E-state index is 0.0417. The maximum Gasteiger partial charge on any atom is 0.411 e. The number of aliphatic imine (C=N–C) groups is 1. The Hall–Kier alpha value is -2.01. The van der Waals surface area contributed by atoms with Crippen LogP contribution in [0.25, 0.3) is 6.08 Å². The van der Waals surface area contributed by atoms with Crippen LogP contribution >= 0.6 is 34.7 Å². The van der Waals surface area contributed by atoms with E-state index < -0.39 is 12.8 Å². The van der Waals surface area contributed by atoms with Gasteiger partial charge in [0.2, 0.25) is 0 Å². The van der Waals surface area contributed by atoms with E-state index in [4.69, 9.17) is 16.3 Å². The highest BCUT2D eigenvalue weighted by Gasteiger charge is 2.32. The third-order valence-corrected chi connectivity index (χ3v) is 6.11. The average Bonchev–Trinajstić information content (AvgIpc) is 3.32. The number of hydrogen-bond donors (Lipinski definition) is 0. The smallest absolute Gasteiger partial charge is 0.411 e. The van der Waals surface area contributed by atoms with E-state index >= 15 is 0 Å². The highest BCUT2D eigenvalue weighted by molar-refractivity contribution is 8.14. The number of thiophene rings is 1. The lowest BCUT2D eigenvalue weighted by Crippen LogP contribution is -2.30. The van der Waals surface area contributed by atoms with Crippen LogP contribution in [0.15, 0.2) is 46.4 Å². The standard InChI is InChI=1S/C20H18ClF3N2O3S2/c1-28-17-6-5-13(10-15(17)21)26-18(27)16(11-14-4-2-8-30-14)25-19(26)31-9-3-7-29-12-20(22,23)24/h2,4-6,8,10-11H,3,7,9,12H2,1H3/b16-11-. The molecule has 0 N–H and O–H groups in total. The van der Waals surface area contributed by atoms with Crippen molar-refractivity contribution in [3.8, 4) is 5.75 Å². The zero-order valence-electron chi connectivity index (χ0n) is 16.3. The highest BCUT2D eigenvalue weighted by Crippen LogP contribution is 2.34. The summed E-state index contributed by atoms with van der Waals surface area (Å²) in [6, 6.07) is 8.70. The lowest BCUT2D eigenvalue weighted by molar-refractivity contribution is -0.173. The normalized spacial score (nSPS) is 15.6. The van der Waals surface area contributed by atoms with Gasteiger partial charge in [0.1, 0.15) is 18.1 Å². The van der Waals surface area contributed by atoms with Crippen LogP contribution < -0.4 is 9.64 Å². The van der Waals surface area contributed by atoms with E-state index in [0.29, 0.717) is 33.8 Å². The zero-order chi connectivity index (χ0) is 22.4. The van der Waals surface area contributed by atoms with Gasteiger partial charge in [-0.25, -0.2) is 4.99 Å². The van der Waals surface area contributed by atoms with Crippen LogP contribution in [0.2, 0.25) is 5.02 Å². The number of thioether (sulfide) groups is 1. The van der Waals surface area contributed by atoms with E-state index in [1.807, 2.05) is 17.5 Å². The molecule has 1 amide bonds. The Morgan fingerprint density at radius 1 is 1.32 bits per heavy atom. The molecular formula is C20H18ClF3N2O3S2. The average molecular weight is 491 g/mol. The van der Waals surface area contributed by atoms with Crippen molar-refractivity contribution in [1.82, 2.24) is 0 Å². The van der Waals surface area contributed by atoms with Gasteiger partial charge in [-0.1, -0.05) is 29.4 Å². The molecule has 0 saturated carbocycles. The maximum atomic E-state index is 13.1. The molecule has 0 spiro atoms. The summed E-state index contributed by atoms with van der Waals surface area (Å²) in [5.41, 5.74) is 0.787. The molecule has 0 atom stereocenters. The Morgan fingerprint density at radius 2 is 2.13 bits per heavy atom. The van der Waals surface area contributed by atoms with Crippen molar-refractivity contribution in [1.29, 1.82) is 0 Å². The van der Waals surface area contributed by atoms with Crippen molar-refractivity contribution < 1.29 is 27.4 Å². The Labute approximate surface area is 190 Å². The number of carbonyl (C=O) groups is 1. The summed E-state index contributed by atoms with van der Waals surface area (Å²) in [7, 11) is 1.49. The zero-order valence-corrected chi connectivity index (χ0v) is 18.7. The van der Waals surface area contributed by atoms with Gasteiger partial charge in [-0.05, 0) is 42.1 Å². The van der Waals surface area contributed by atoms with Crippen LogP contribution in [-0.4, -0.2) is 43.3 Å². The summed E-state index contributed by atoms with van der Waals surface area (Å²) < 4.78 is 46.3. The molecule has 1 aliphatic heterocycles. The molecule has 3 rings (SSSR count). The predicted octanol–water partition coefficient (Wildman–Crippen LogP) is 5.86. The number of alkyl halides is 3. The maximum absolute atomic E-state index is 13.1. The van der Waals surface area contributed by atoms with Crippen LogP contribution in [0.5, 0.6) is 5.75 Å². The first-order valence-electron chi connectivity index (χ1n) is 9.07. The van der Waals surface area contributed by atoms with Gasteiger partial charge < -0.3 is 9.47 Å². The quantitative estimate of drug-likeness (QED) is 0.344. The fourth-order valence-electron chi connectivity index (χ4n) is 2.64. The molecule has 1 aromatic carbocycles. The third-order valence-electron chi connectivity index (χ3n) is 3.98. The van der Waals surface area contributed by atoms with Crippen LogP contribution in [0.3, 0.4) is 0 Å². The van der Waals surface area contributed by atoms with Crippen molar-refractivity contribution in [3.05, 3.63) is 51.3 Å². The van der Waals surface area contributed by atoms with Crippen molar-refractivity contribution in [2.75, 3.05) is 31.0 Å². The second-order valence-corrected chi connectivity index (χ2v) is 8.72. The van der Waals surface area contributed by atoms with E-state index in [9.17, 15) is 18.0 Å². The number of hydrogen-bond acceptors (Lipinski definition) is 6. The van der Waals surface area contributed by atoms with E-state index in [1.54, 1.807) is 24.3 Å². The Balaban J connectivity index is 1.74. The molecule has 0 saturated heterocycles. The SMILES string of the molecule is COc1ccc(N2C(=O)/C(=C/c3cccs3)N=C2SCCCOCC(F)(F)F)cc1Cl. The largest absolute Gasteiger partial charge is 0.495 e.